The van der Waals surface area contributed by atoms with Crippen molar-refractivity contribution in [3.8, 4) is 0 Å². The Hall–Kier alpha value is -0.920. The number of halogens is 5. The number of allylic oxidation sites excluding steroid dienone is 3. The maximum absolute atomic E-state index is 12.1. The molecule has 2 aliphatic heterocycles. The molecule has 1 unspecified atom stereocenters. The Morgan fingerprint density at radius 2 is 1.91 bits per heavy atom. The molecule has 1 fully saturated rings. The van der Waals surface area contributed by atoms with Crippen molar-refractivity contribution in [2.24, 2.45) is 5.92 Å². The van der Waals surface area contributed by atoms with Gasteiger partial charge in [-0.2, -0.15) is 13.2 Å². The summed E-state index contributed by atoms with van der Waals surface area (Å²) in [4.78, 5) is 10.8. The van der Waals surface area contributed by atoms with Gasteiger partial charge in [0, 0.05) is 18.2 Å². The third-order valence-corrected chi connectivity index (χ3v) is 3.49. The summed E-state index contributed by atoms with van der Waals surface area (Å²) in [5, 5.41) is 8.36. The van der Waals surface area contributed by atoms with E-state index >= 15 is 0 Å². The van der Waals surface area contributed by atoms with Crippen LogP contribution in [0.3, 0.4) is 0 Å². The molecule has 2 aliphatic rings. The topological polar surface area (TPSA) is 53.2 Å². The first kappa shape index (κ1) is 21.1. The quantitative estimate of drug-likeness (QED) is 0.719. The van der Waals surface area contributed by atoms with Crippen LogP contribution in [0.2, 0.25) is 0 Å². The second-order valence-electron chi connectivity index (χ2n) is 4.99. The molecule has 0 radical (unpaired) electrons. The average molecular weight is 362 g/mol. The number of hydrogen-bond donors (Lipinski definition) is 3. The van der Waals surface area contributed by atoms with Gasteiger partial charge in [-0.15, -0.1) is 24.8 Å². The van der Waals surface area contributed by atoms with Gasteiger partial charge < -0.3 is 16.0 Å². The van der Waals surface area contributed by atoms with Gasteiger partial charge in [-0.3, -0.25) is 4.79 Å². The lowest BCUT2D eigenvalue weighted by Crippen LogP contribution is -2.46. The summed E-state index contributed by atoms with van der Waals surface area (Å²) in [6.07, 6.45) is 2.73. The number of hydrogen-bond acceptors (Lipinski definition) is 3. The Morgan fingerprint density at radius 3 is 2.50 bits per heavy atom. The molecule has 2 heterocycles. The summed E-state index contributed by atoms with van der Waals surface area (Å²) in [6, 6.07) is -0.295. The highest BCUT2D eigenvalue weighted by atomic mass is 35.5. The minimum Gasteiger partial charge on any atom is -0.380 e. The molecule has 0 aliphatic carbocycles. The number of dihydropyridines is 1. The van der Waals surface area contributed by atoms with E-state index in [1.54, 1.807) is 6.08 Å². The molecule has 3 N–H and O–H groups in total. The van der Waals surface area contributed by atoms with Crippen LogP contribution in [-0.4, -0.2) is 37.8 Å². The van der Waals surface area contributed by atoms with Crippen LogP contribution in [0, 0.1) is 5.92 Å². The monoisotopic (exact) mass is 361 g/mol. The molecule has 0 aromatic rings. The molecule has 9 heteroatoms. The Labute approximate surface area is 139 Å². The smallest absolute Gasteiger partial charge is 0.380 e. The van der Waals surface area contributed by atoms with Gasteiger partial charge in [0.1, 0.15) is 0 Å². The largest absolute Gasteiger partial charge is 0.471 e. The predicted molar refractivity (Wildman–Crippen MR) is 83.3 cm³/mol. The summed E-state index contributed by atoms with van der Waals surface area (Å²) in [5.74, 6) is -1.49. The van der Waals surface area contributed by atoms with E-state index in [0.717, 1.165) is 31.6 Å². The van der Waals surface area contributed by atoms with Crippen molar-refractivity contribution in [3.63, 3.8) is 0 Å². The Balaban J connectivity index is 0.00000220. The van der Waals surface area contributed by atoms with E-state index in [1.165, 1.54) is 0 Å². The first-order valence-corrected chi connectivity index (χ1v) is 6.67. The van der Waals surface area contributed by atoms with Crippen LogP contribution in [0.1, 0.15) is 12.8 Å². The summed E-state index contributed by atoms with van der Waals surface area (Å²) in [6.45, 7) is 1.82. The van der Waals surface area contributed by atoms with Gasteiger partial charge in [0.05, 0.1) is 6.04 Å². The van der Waals surface area contributed by atoms with E-state index in [2.05, 4.69) is 10.6 Å². The van der Waals surface area contributed by atoms with E-state index in [-0.39, 0.29) is 37.4 Å². The van der Waals surface area contributed by atoms with E-state index in [1.807, 2.05) is 17.5 Å². The first-order chi connectivity index (χ1) is 9.47. The van der Waals surface area contributed by atoms with Gasteiger partial charge in [0.15, 0.2) is 0 Å². The fraction of sp³-hybridized carbons (Fsp3) is 0.615. The van der Waals surface area contributed by atoms with Gasteiger partial charge in [0.25, 0.3) is 0 Å². The van der Waals surface area contributed by atoms with Gasteiger partial charge in [-0.05, 0) is 32.0 Å². The van der Waals surface area contributed by atoms with E-state index in [9.17, 15) is 18.0 Å². The van der Waals surface area contributed by atoms with Gasteiger partial charge in [-0.1, -0.05) is 12.2 Å². The van der Waals surface area contributed by atoms with E-state index in [4.69, 9.17) is 0 Å². The first-order valence-electron chi connectivity index (χ1n) is 6.67. The van der Waals surface area contributed by atoms with Crippen molar-refractivity contribution in [2.45, 2.75) is 25.1 Å². The van der Waals surface area contributed by atoms with Crippen LogP contribution in [0.25, 0.3) is 0 Å². The third kappa shape index (κ3) is 6.06. The van der Waals surface area contributed by atoms with Crippen LogP contribution in [0.15, 0.2) is 23.9 Å². The Bertz CT molecular complexity index is 421. The Kier molecular flexibility index (Phi) is 8.88. The molecule has 0 saturated carbocycles. The number of rotatable bonds is 3. The van der Waals surface area contributed by atoms with Crippen LogP contribution in [0.4, 0.5) is 13.2 Å². The maximum Gasteiger partial charge on any atom is 0.471 e. The minimum atomic E-state index is -4.83. The average Bonchev–Trinajstić information content (AvgIpc) is 2.45. The predicted octanol–water partition coefficient (Wildman–Crippen LogP) is 1.92. The maximum atomic E-state index is 12.1. The van der Waals surface area contributed by atoms with Crippen molar-refractivity contribution in [2.75, 3.05) is 19.6 Å². The molecule has 128 valence electrons. The molecule has 0 spiro atoms. The van der Waals surface area contributed by atoms with Crippen LogP contribution in [-0.2, 0) is 4.79 Å². The van der Waals surface area contributed by atoms with Crippen molar-refractivity contribution in [3.05, 3.63) is 23.9 Å². The lowest BCUT2D eigenvalue weighted by Gasteiger charge is -2.30. The van der Waals surface area contributed by atoms with Crippen LogP contribution in [0.5, 0.6) is 0 Å². The van der Waals surface area contributed by atoms with Gasteiger partial charge >= 0.3 is 12.1 Å². The summed E-state index contributed by atoms with van der Waals surface area (Å²) < 4.78 is 36.3. The molecule has 1 amide bonds. The highest BCUT2D eigenvalue weighted by Crippen LogP contribution is 2.21. The molecular formula is C13H20Cl2F3N3O. The molecule has 0 aromatic carbocycles. The lowest BCUT2D eigenvalue weighted by atomic mass is 9.92. The fourth-order valence-electron chi connectivity index (χ4n) is 2.41. The number of nitrogens with one attached hydrogen (secondary N) is 3. The van der Waals surface area contributed by atoms with Crippen molar-refractivity contribution >= 4 is 30.7 Å². The SMILES string of the molecule is Cl.Cl.O=C(NCC1C=CC=C(C2CCNCC2)N1)C(F)(F)F. The highest BCUT2D eigenvalue weighted by Gasteiger charge is 2.38. The summed E-state index contributed by atoms with van der Waals surface area (Å²) in [7, 11) is 0. The standard InChI is InChI=1S/C13H18F3N3O.2ClH/c14-13(15,16)12(20)18-8-10-2-1-3-11(19-10)9-4-6-17-7-5-9;;/h1-3,9-10,17,19H,4-8H2,(H,18,20);2*1H. The molecule has 1 saturated heterocycles. The number of amides is 1. The molecule has 1 atom stereocenters. The van der Waals surface area contributed by atoms with Gasteiger partial charge in [0.2, 0.25) is 0 Å². The van der Waals surface area contributed by atoms with Crippen LogP contribution >= 0.6 is 24.8 Å². The highest BCUT2D eigenvalue weighted by molar-refractivity contribution is 5.85. The molecular weight excluding hydrogens is 342 g/mol. The number of alkyl halides is 3. The zero-order chi connectivity index (χ0) is 14.6. The number of piperidine rings is 1. The normalized spacial score (nSPS) is 21.8. The molecule has 0 aromatic heterocycles. The third-order valence-electron chi connectivity index (χ3n) is 3.49. The van der Waals surface area contributed by atoms with Gasteiger partial charge in [-0.25, -0.2) is 0 Å². The fourth-order valence-corrected chi connectivity index (χ4v) is 2.41. The van der Waals surface area contributed by atoms with Crippen molar-refractivity contribution < 1.29 is 18.0 Å². The molecule has 4 nitrogen and oxygen atoms in total. The molecule has 2 rings (SSSR count). The van der Waals surface area contributed by atoms with Crippen molar-refractivity contribution in [1.82, 2.24) is 16.0 Å². The molecule has 0 bridgehead atoms. The van der Waals surface area contributed by atoms with Crippen molar-refractivity contribution in [1.29, 1.82) is 0 Å². The zero-order valence-corrected chi connectivity index (χ0v) is 13.4. The second kappa shape index (κ2) is 9.27. The lowest BCUT2D eigenvalue weighted by molar-refractivity contribution is -0.173. The summed E-state index contributed by atoms with van der Waals surface area (Å²) >= 11 is 0. The minimum absolute atomic E-state index is 0. The van der Waals surface area contributed by atoms with E-state index < -0.39 is 12.1 Å². The second-order valence-corrected chi connectivity index (χ2v) is 4.99. The number of carbonyl (C=O) groups excluding carboxylic acids is 1. The number of carbonyl (C=O) groups is 1. The Morgan fingerprint density at radius 1 is 1.27 bits per heavy atom. The van der Waals surface area contributed by atoms with Crippen LogP contribution < -0.4 is 16.0 Å². The van der Waals surface area contributed by atoms with E-state index in [0.29, 0.717) is 5.92 Å². The molecule has 22 heavy (non-hydrogen) atoms. The zero-order valence-electron chi connectivity index (χ0n) is 11.8. The summed E-state index contributed by atoms with van der Waals surface area (Å²) in [5.41, 5.74) is 1.04.